The molecule has 0 aromatic rings. The fraction of sp³-hybridized carbons (Fsp3) is 0. The van der Waals surface area contributed by atoms with Gasteiger partial charge in [0.25, 0.3) is 0 Å². The van der Waals surface area contributed by atoms with Gasteiger partial charge in [-0.1, -0.05) is 0 Å². The van der Waals surface area contributed by atoms with Gasteiger partial charge < -0.3 is 0 Å². The fourth-order valence-electron chi connectivity index (χ4n) is 0. The molecule has 0 heterocycles. The van der Waals surface area contributed by atoms with E-state index in [0.717, 1.165) is 0 Å². The minimum Gasteiger partial charge on any atom is -0.153 e. The molecule has 0 N–H and O–H groups in total. The minimum atomic E-state index is 0. The maximum Gasteiger partial charge on any atom is 0 e. The van der Waals surface area contributed by atoms with Gasteiger partial charge in [-0.05, 0) is 0 Å². The summed E-state index contributed by atoms with van der Waals surface area (Å²) in [6.45, 7) is 0. The third kappa shape index (κ3) is 9.03. The zero-order valence-corrected chi connectivity index (χ0v) is 8.22. The Morgan fingerprint density at radius 1 is 1.00 bits per heavy atom. The van der Waals surface area contributed by atoms with Crippen molar-refractivity contribution in [2.24, 2.45) is 0 Å². The van der Waals surface area contributed by atoms with Crippen LogP contribution in [0, 0.1) is 0 Å². The molecule has 9 radical (unpaired) electrons. The van der Waals surface area contributed by atoms with Crippen LogP contribution in [0.25, 0.3) is 0 Å². The van der Waals surface area contributed by atoms with Crippen LogP contribution in [0.15, 0.2) is 0 Å². The third-order valence-electron chi connectivity index (χ3n) is 0. The first kappa shape index (κ1) is 38.1. The average molecular weight is 244 g/mol. The summed E-state index contributed by atoms with van der Waals surface area (Å²) in [6.07, 6.45) is 0. The van der Waals surface area contributed by atoms with E-state index in [0.29, 0.717) is 0 Å². The topological polar surface area (TPSA) is 0 Å². The fourth-order valence-corrected chi connectivity index (χ4v) is 0. The van der Waals surface area contributed by atoms with Crippen LogP contribution in [-0.2, 0) is 17.1 Å². The molecule has 0 amide bonds. The first-order chi connectivity index (χ1) is 0. The molecule has 0 aromatic carbocycles. The molecule has 0 aromatic heterocycles. The third-order valence-corrected chi connectivity index (χ3v) is 0. The summed E-state index contributed by atoms with van der Waals surface area (Å²) in [5.41, 5.74) is 0. The van der Waals surface area contributed by atoms with Crippen LogP contribution in [-0.4, -0.2) is 34.9 Å². The van der Waals surface area contributed by atoms with Gasteiger partial charge in [0.05, 0.1) is 0 Å². The van der Waals surface area contributed by atoms with Crippen LogP contribution < -0.4 is 0 Å². The summed E-state index contributed by atoms with van der Waals surface area (Å²) >= 11 is 0. The second-order valence-corrected chi connectivity index (χ2v) is 0. The van der Waals surface area contributed by atoms with Crippen LogP contribution in [0.4, 0.5) is 0 Å². The van der Waals surface area contributed by atoms with E-state index in [9.17, 15) is 0 Å². The van der Waals surface area contributed by atoms with Crippen molar-refractivity contribution in [3.8, 4) is 0 Å². The first-order valence-electron chi connectivity index (χ1n) is 0. The molecular formula is H3CuPSiSn. The number of hydrogen-bond acceptors (Lipinski definition) is 0. The van der Waals surface area contributed by atoms with Crippen molar-refractivity contribution in [3.63, 3.8) is 0 Å². The monoisotopic (exact) mass is 245 g/mol. The number of hydrogen-bond donors (Lipinski definition) is 0. The summed E-state index contributed by atoms with van der Waals surface area (Å²) < 4.78 is 0. The van der Waals surface area contributed by atoms with Gasteiger partial charge in [0.2, 0.25) is 0 Å². The summed E-state index contributed by atoms with van der Waals surface area (Å²) in [5.74, 6) is 0. The zero-order chi connectivity index (χ0) is 0. The van der Waals surface area contributed by atoms with Gasteiger partial charge in [-0.15, -0.1) is 0 Å². The Morgan fingerprint density at radius 3 is 1.00 bits per heavy atom. The molecule has 0 nitrogen and oxygen atoms in total. The van der Waals surface area contributed by atoms with E-state index in [2.05, 4.69) is 0 Å². The predicted octanol–water partition coefficient (Wildman–Crippen LogP) is -0.706. The van der Waals surface area contributed by atoms with Crippen molar-refractivity contribution in [2.45, 2.75) is 0 Å². The SMILES string of the molecule is P.[Cu].[Si].[Sn]. The molecule has 0 aliphatic rings. The molecule has 4 heavy (non-hydrogen) atoms. The number of rotatable bonds is 0. The standard InChI is InChI=1S/Cu.H3P.Si.Sn/h;1H3;;. The Labute approximate surface area is 61.6 Å². The van der Waals surface area contributed by atoms with Gasteiger partial charge in [-0.3, -0.25) is 0 Å². The Morgan fingerprint density at radius 2 is 1.00 bits per heavy atom. The normalized spacial score (nSPS) is 0. The molecule has 0 saturated carbocycles. The second kappa shape index (κ2) is 20.2. The molecule has 1 unspecified atom stereocenters. The van der Waals surface area contributed by atoms with Gasteiger partial charge in [-0.2, -0.15) is 9.90 Å². The van der Waals surface area contributed by atoms with E-state index in [1.807, 2.05) is 0 Å². The Kier molecular flexibility index (Phi) is 192. The second-order valence-electron chi connectivity index (χ2n) is 0. The molecule has 0 saturated heterocycles. The Balaban J connectivity index is 0. The van der Waals surface area contributed by atoms with Crippen molar-refractivity contribution >= 4 is 44.8 Å². The van der Waals surface area contributed by atoms with Gasteiger partial charge in [-0.25, -0.2) is 0 Å². The molecule has 27 valence electrons. The molecule has 0 fully saturated rings. The summed E-state index contributed by atoms with van der Waals surface area (Å²) in [4.78, 5) is 0. The van der Waals surface area contributed by atoms with E-state index in [1.54, 1.807) is 0 Å². The van der Waals surface area contributed by atoms with Crippen LogP contribution in [0.1, 0.15) is 0 Å². The maximum absolute atomic E-state index is 0. The van der Waals surface area contributed by atoms with E-state index in [1.165, 1.54) is 0 Å². The van der Waals surface area contributed by atoms with Crippen molar-refractivity contribution < 1.29 is 17.1 Å². The molecular weight excluding hydrogens is 241 g/mol. The molecule has 0 rings (SSSR count). The van der Waals surface area contributed by atoms with E-state index in [4.69, 9.17) is 0 Å². The van der Waals surface area contributed by atoms with Crippen LogP contribution in [0.5, 0.6) is 0 Å². The van der Waals surface area contributed by atoms with Crippen LogP contribution >= 0.6 is 9.90 Å². The largest absolute Gasteiger partial charge is 0.153 e. The minimum absolute atomic E-state index is 0. The smallest absolute Gasteiger partial charge is 0 e. The van der Waals surface area contributed by atoms with Crippen LogP contribution in [0.2, 0.25) is 0 Å². The molecule has 0 aliphatic carbocycles. The van der Waals surface area contributed by atoms with E-state index >= 15 is 0 Å². The van der Waals surface area contributed by atoms with E-state index < -0.39 is 0 Å². The molecule has 1 atom stereocenters. The van der Waals surface area contributed by atoms with Crippen molar-refractivity contribution in [2.75, 3.05) is 0 Å². The van der Waals surface area contributed by atoms with Gasteiger partial charge in [0.1, 0.15) is 0 Å². The summed E-state index contributed by atoms with van der Waals surface area (Å²) in [5, 5.41) is 0. The molecule has 0 spiro atoms. The Bertz CT molecular complexity index is 8.00. The van der Waals surface area contributed by atoms with Crippen molar-refractivity contribution in [1.29, 1.82) is 0 Å². The van der Waals surface area contributed by atoms with E-state index in [-0.39, 0.29) is 61.8 Å². The Hall–Kier alpha value is 1.97. The summed E-state index contributed by atoms with van der Waals surface area (Å²) in [7, 11) is 0. The van der Waals surface area contributed by atoms with Crippen molar-refractivity contribution in [1.82, 2.24) is 0 Å². The maximum atomic E-state index is 0. The van der Waals surface area contributed by atoms with Gasteiger partial charge in [0, 0.05) is 51.9 Å². The average Bonchev–Trinajstić information content (AvgIpc) is 0. The predicted molar refractivity (Wildman–Crippen MR) is 22.6 cm³/mol. The quantitative estimate of drug-likeness (QED) is 0.390. The van der Waals surface area contributed by atoms with Crippen molar-refractivity contribution in [3.05, 3.63) is 0 Å². The van der Waals surface area contributed by atoms with Gasteiger partial charge >= 0.3 is 0 Å². The molecule has 4 heteroatoms. The van der Waals surface area contributed by atoms with Crippen LogP contribution in [0.3, 0.4) is 0 Å². The zero-order valence-electron chi connectivity index (χ0n) is 2.01. The van der Waals surface area contributed by atoms with Gasteiger partial charge in [0.15, 0.2) is 0 Å². The summed E-state index contributed by atoms with van der Waals surface area (Å²) in [6, 6.07) is 0. The first-order valence-corrected chi connectivity index (χ1v) is 0. The molecule has 0 aliphatic heterocycles. The molecule has 0 bridgehead atoms.